The van der Waals surface area contributed by atoms with Crippen molar-refractivity contribution in [2.45, 2.75) is 19.3 Å². The lowest BCUT2D eigenvalue weighted by atomic mass is 9.90. The number of fused-ring (bicyclic) bond motifs is 2. The average Bonchev–Trinajstić information content (AvgIpc) is 3.20. The van der Waals surface area contributed by atoms with Gasteiger partial charge in [-0.1, -0.05) is 0 Å². The molecule has 7 heteroatoms. The third-order valence-electron chi connectivity index (χ3n) is 5.22. The molecule has 0 amide bonds. The number of esters is 1. The molecule has 0 saturated carbocycles. The lowest BCUT2D eigenvalue weighted by Crippen LogP contribution is -2.17. The van der Waals surface area contributed by atoms with Crippen LogP contribution in [0.1, 0.15) is 22.3 Å². The van der Waals surface area contributed by atoms with E-state index < -0.39 is 0 Å². The minimum absolute atomic E-state index is 0.161. The highest BCUT2D eigenvalue weighted by Gasteiger charge is 2.23. The molecule has 2 aliphatic rings. The first-order chi connectivity index (χ1) is 14.1. The van der Waals surface area contributed by atoms with E-state index in [1.54, 1.807) is 14.2 Å². The number of rotatable bonds is 6. The van der Waals surface area contributed by atoms with Crippen molar-refractivity contribution in [1.82, 2.24) is 0 Å². The van der Waals surface area contributed by atoms with Gasteiger partial charge in [-0.3, -0.25) is 9.79 Å². The quantitative estimate of drug-likeness (QED) is 0.698. The molecule has 4 rings (SSSR count). The van der Waals surface area contributed by atoms with E-state index in [2.05, 4.69) is 0 Å². The average molecular weight is 397 g/mol. The molecule has 2 aromatic rings. The second-order valence-electron chi connectivity index (χ2n) is 6.85. The number of methoxy groups -OCH3 is 3. The molecule has 0 fully saturated rings. The Balaban J connectivity index is 1.71. The predicted molar refractivity (Wildman–Crippen MR) is 107 cm³/mol. The molecule has 2 heterocycles. The Labute approximate surface area is 169 Å². The SMILES string of the molecule is COC(=O)Cc1cc2c(cc1CC1=NCCc3cc(OC)c(OC)cc31)OCO2. The van der Waals surface area contributed by atoms with Crippen LogP contribution in [0.3, 0.4) is 0 Å². The van der Waals surface area contributed by atoms with Gasteiger partial charge in [0.2, 0.25) is 6.79 Å². The summed E-state index contributed by atoms with van der Waals surface area (Å²) < 4.78 is 26.8. The molecule has 0 bridgehead atoms. The van der Waals surface area contributed by atoms with Crippen molar-refractivity contribution in [3.8, 4) is 23.0 Å². The number of nitrogens with zero attached hydrogens (tertiary/aromatic N) is 1. The zero-order chi connectivity index (χ0) is 20.4. The molecular formula is C22H23NO6. The molecule has 7 nitrogen and oxygen atoms in total. The molecule has 0 radical (unpaired) electrons. The summed E-state index contributed by atoms with van der Waals surface area (Å²) in [7, 11) is 4.64. The first kappa shape index (κ1) is 19.1. The van der Waals surface area contributed by atoms with Crippen LogP contribution in [0, 0.1) is 0 Å². The minimum atomic E-state index is -0.303. The molecular weight excluding hydrogens is 374 g/mol. The van der Waals surface area contributed by atoms with Crippen molar-refractivity contribution < 1.29 is 28.5 Å². The summed E-state index contributed by atoms with van der Waals surface area (Å²) in [5.74, 6) is 2.40. The van der Waals surface area contributed by atoms with Crippen molar-refractivity contribution in [2.24, 2.45) is 4.99 Å². The van der Waals surface area contributed by atoms with Crippen molar-refractivity contribution in [2.75, 3.05) is 34.7 Å². The Hall–Kier alpha value is -3.22. The maximum atomic E-state index is 11.9. The predicted octanol–water partition coefficient (Wildman–Crippen LogP) is 2.74. The number of benzene rings is 2. The van der Waals surface area contributed by atoms with Gasteiger partial charge in [0, 0.05) is 24.2 Å². The lowest BCUT2D eigenvalue weighted by molar-refractivity contribution is -0.139. The summed E-state index contributed by atoms with van der Waals surface area (Å²) in [5.41, 5.74) is 4.95. The van der Waals surface area contributed by atoms with Crippen molar-refractivity contribution in [3.05, 3.63) is 46.5 Å². The maximum absolute atomic E-state index is 11.9. The first-order valence-corrected chi connectivity index (χ1v) is 9.39. The largest absolute Gasteiger partial charge is 0.493 e. The highest BCUT2D eigenvalue weighted by atomic mass is 16.7. The third kappa shape index (κ3) is 3.72. The van der Waals surface area contributed by atoms with Crippen LogP contribution < -0.4 is 18.9 Å². The Morgan fingerprint density at radius 3 is 2.38 bits per heavy atom. The van der Waals surface area contributed by atoms with E-state index in [1.165, 1.54) is 12.7 Å². The fraction of sp³-hybridized carbons (Fsp3) is 0.364. The standard InChI is InChI=1S/C22H23NO6/c1-25-18-7-13-4-5-23-17(16(13)11-19(18)26-2)6-14-8-20-21(29-12-28-20)9-15(14)10-22(24)27-3/h7-9,11H,4-6,10,12H2,1-3H3. The topological polar surface area (TPSA) is 75.6 Å². The fourth-order valence-electron chi connectivity index (χ4n) is 3.71. The van der Waals surface area contributed by atoms with Gasteiger partial charge in [-0.25, -0.2) is 0 Å². The molecule has 152 valence electrons. The highest BCUT2D eigenvalue weighted by molar-refractivity contribution is 6.04. The summed E-state index contributed by atoms with van der Waals surface area (Å²) in [6.07, 6.45) is 1.56. The van der Waals surface area contributed by atoms with E-state index in [4.69, 9.17) is 28.7 Å². The van der Waals surface area contributed by atoms with E-state index >= 15 is 0 Å². The Bertz CT molecular complexity index is 982. The highest BCUT2D eigenvalue weighted by Crippen LogP contribution is 2.37. The van der Waals surface area contributed by atoms with Gasteiger partial charge < -0.3 is 23.7 Å². The second kappa shape index (κ2) is 8.03. The van der Waals surface area contributed by atoms with Gasteiger partial charge in [-0.2, -0.15) is 0 Å². The van der Waals surface area contributed by atoms with E-state index in [1.807, 2.05) is 24.3 Å². The Morgan fingerprint density at radius 1 is 1.00 bits per heavy atom. The van der Waals surface area contributed by atoms with Crippen LogP contribution >= 0.6 is 0 Å². The molecule has 0 aliphatic carbocycles. The molecule has 0 N–H and O–H groups in total. The van der Waals surface area contributed by atoms with E-state index in [-0.39, 0.29) is 19.2 Å². The third-order valence-corrected chi connectivity index (χ3v) is 5.22. The lowest BCUT2D eigenvalue weighted by Gasteiger charge is -2.21. The van der Waals surface area contributed by atoms with Crippen LogP contribution in [0.4, 0.5) is 0 Å². The zero-order valence-electron chi connectivity index (χ0n) is 16.7. The van der Waals surface area contributed by atoms with Crippen LogP contribution in [-0.2, 0) is 28.8 Å². The second-order valence-corrected chi connectivity index (χ2v) is 6.85. The van der Waals surface area contributed by atoms with Gasteiger partial charge in [0.1, 0.15) is 0 Å². The van der Waals surface area contributed by atoms with E-state index in [0.29, 0.717) is 36.0 Å². The van der Waals surface area contributed by atoms with Crippen molar-refractivity contribution >= 4 is 11.7 Å². The van der Waals surface area contributed by atoms with Gasteiger partial charge in [0.05, 0.1) is 27.8 Å². The summed E-state index contributed by atoms with van der Waals surface area (Å²) >= 11 is 0. The van der Waals surface area contributed by atoms with Gasteiger partial charge in [0.25, 0.3) is 0 Å². The Kier molecular flexibility index (Phi) is 5.29. The number of carbonyl (C=O) groups excluding carboxylic acids is 1. The smallest absolute Gasteiger partial charge is 0.309 e. The van der Waals surface area contributed by atoms with Crippen LogP contribution in [0.15, 0.2) is 29.3 Å². The van der Waals surface area contributed by atoms with Crippen LogP contribution in [0.2, 0.25) is 0 Å². The number of ether oxygens (including phenoxy) is 5. The summed E-state index contributed by atoms with van der Waals surface area (Å²) in [5, 5.41) is 0. The molecule has 0 spiro atoms. The van der Waals surface area contributed by atoms with E-state index in [0.717, 1.165) is 28.8 Å². The number of aliphatic imine (C=N–C) groups is 1. The summed E-state index contributed by atoms with van der Waals surface area (Å²) in [6, 6.07) is 7.77. The molecule has 29 heavy (non-hydrogen) atoms. The van der Waals surface area contributed by atoms with Gasteiger partial charge in [-0.05, 0) is 47.4 Å². The molecule has 2 aromatic carbocycles. The number of hydrogen-bond acceptors (Lipinski definition) is 7. The maximum Gasteiger partial charge on any atom is 0.309 e. The molecule has 2 aliphatic heterocycles. The zero-order valence-corrected chi connectivity index (χ0v) is 16.7. The van der Waals surface area contributed by atoms with Gasteiger partial charge in [0.15, 0.2) is 23.0 Å². The summed E-state index contributed by atoms with van der Waals surface area (Å²) in [4.78, 5) is 16.7. The van der Waals surface area contributed by atoms with E-state index in [9.17, 15) is 4.79 Å². The fourth-order valence-corrected chi connectivity index (χ4v) is 3.71. The van der Waals surface area contributed by atoms with Crippen LogP contribution in [0.25, 0.3) is 0 Å². The molecule has 0 unspecified atom stereocenters. The monoisotopic (exact) mass is 397 g/mol. The van der Waals surface area contributed by atoms with Gasteiger partial charge >= 0.3 is 5.97 Å². The first-order valence-electron chi connectivity index (χ1n) is 9.39. The molecule has 0 saturated heterocycles. The number of hydrogen-bond donors (Lipinski definition) is 0. The normalized spacial score (nSPS) is 14.1. The van der Waals surface area contributed by atoms with Gasteiger partial charge in [-0.15, -0.1) is 0 Å². The molecule has 0 aromatic heterocycles. The van der Waals surface area contributed by atoms with Crippen molar-refractivity contribution in [3.63, 3.8) is 0 Å². The minimum Gasteiger partial charge on any atom is -0.493 e. The Morgan fingerprint density at radius 2 is 1.69 bits per heavy atom. The summed E-state index contributed by atoms with van der Waals surface area (Å²) in [6.45, 7) is 0.881. The van der Waals surface area contributed by atoms with Crippen molar-refractivity contribution in [1.29, 1.82) is 0 Å². The van der Waals surface area contributed by atoms with Crippen LogP contribution in [-0.4, -0.2) is 46.3 Å². The van der Waals surface area contributed by atoms with Crippen LogP contribution in [0.5, 0.6) is 23.0 Å². The molecule has 0 atom stereocenters. The number of carbonyl (C=O) groups is 1.